The fraction of sp³-hybridized carbons (Fsp3) is 0.846. The molecule has 0 spiro atoms. The number of carbonyl (C=O) groups is 2. The Bertz CT molecular complexity index is 432. The number of esters is 2. The maximum Gasteiger partial charge on any atom is 0.324 e. The molecule has 0 heterocycles. The van der Waals surface area contributed by atoms with E-state index in [1.165, 1.54) is 0 Å². The quantitative estimate of drug-likeness (QED) is 0.662. The molecule has 6 nitrogen and oxygen atoms in total. The minimum absolute atomic E-state index is 0.0982. The van der Waals surface area contributed by atoms with Crippen molar-refractivity contribution in [2.45, 2.75) is 58.3 Å². The number of hydrogen-bond donors (Lipinski definition) is 0. The predicted molar refractivity (Wildman–Crippen MR) is 75.0 cm³/mol. The molecule has 0 radical (unpaired) electrons. The van der Waals surface area contributed by atoms with Crippen LogP contribution in [0.5, 0.6) is 0 Å². The van der Waals surface area contributed by atoms with Crippen LogP contribution in [-0.2, 0) is 28.9 Å². The first-order valence-electron chi connectivity index (χ1n) is 6.63. The molecule has 0 aromatic rings. The second-order valence-electron chi connectivity index (χ2n) is 5.42. The summed E-state index contributed by atoms with van der Waals surface area (Å²) in [6.07, 6.45) is 0.626. The fourth-order valence-corrected chi connectivity index (χ4v) is 3.12. The highest BCUT2D eigenvalue weighted by atomic mass is 32.2. The average Bonchev–Trinajstić information content (AvgIpc) is 2.21. The smallest absolute Gasteiger partial charge is 0.324 e. The molecule has 0 amide bonds. The number of rotatable bonds is 7. The Morgan fingerprint density at radius 1 is 1.15 bits per heavy atom. The van der Waals surface area contributed by atoms with E-state index in [0.717, 1.165) is 0 Å². The third-order valence-electron chi connectivity index (χ3n) is 2.27. The summed E-state index contributed by atoms with van der Waals surface area (Å²) >= 11 is 0. The molecule has 0 bridgehead atoms. The van der Waals surface area contributed by atoms with Gasteiger partial charge in [0.1, 0.15) is 11.4 Å². The van der Waals surface area contributed by atoms with Gasteiger partial charge in [-0.1, -0.05) is 13.3 Å². The fourth-order valence-electron chi connectivity index (χ4n) is 1.58. The molecule has 20 heavy (non-hydrogen) atoms. The van der Waals surface area contributed by atoms with Gasteiger partial charge >= 0.3 is 11.9 Å². The zero-order valence-electron chi connectivity index (χ0n) is 12.8. The van der Waals surface area contributed by atoms with Crippen molar-refractivity contribution < 1.29 is 27.5 Å². The van der Waals surface area contributed by atoms with E-state index in [1.54, 1.807) is 34.6 Å². The number of carbonyl (C=O) groups excluding carboxylic acids is 2. The summed E-state index contributed by atoms with van der Waals surface area (Å²) in [5.74, 6) is -2.48. The topological polar surface area (TPSA) is 86.7 Å². The maximum absolute atomic E-state index is 12.1. The van der Waals surface area contributed by atoms with Crippen molar-refractivity contribution >= 4 is 21.8 Å². The Balaban J connectivity index is 4.96. The van der Waals surface area contributed by atoms with Crippen molar-refractivity contribution in [3.63, 3.8) is 0 Å². The summed E-state index contributed by atoms with van der Waals surface area (Å²) in [6.45, 7) is 8.39. The molecule has 0 rings (SSSR count). The van der Waals surface area contributed by atoms with Gasteiger partial charge in [0.05, 0.1) is 6.61 Å². The SMILES string of the molecule is CCCC(C(=O)OCC)S(=O)(=O)CC(=O)OC(C)(C)C. The van der Waals surface area contributed by atoms with Gasteiger partial charge < -0.3 is 9.47 Å². The monoisotopic (exact) mass is 308 g/mol. The van der Waals surface area contributed by atoms with E-state index in [9.17, 15) is 18.0 Å². The van der Waals surface area contributed by atoms with Gasteiger partial charge in [0.25, 0.3) is 0 Å². The van der Waals surface area contributed by atoms with Crippen LogP contribution in [0.25, 0.3) is 0 Å². The molecule has 7 heteroatoms. The molecular formula is C13H24O6S. The molecule has 0 saturated heterocycles. The summed E-state index contributed by atoms with van der Waals surface area (Å²) < 4.78 is 34.0. The maximum atomic E-state index is 12.1. The van der Waals surface area contributed by atoms with Crippen LogP contribution < -0.4 is 0 Å². The van der Waals surface area contributed by atoms with Gasteiger partial charge in [-0.3, -0.25) is 9.59 Å². The van der Waals surface area contributed by atoms with Gasteiger partial charge in [-0.05, 0) is 34.1 Å². The molecule has 0 aliphatic rings. The van der Waals surface area contributed by atoms with E-state index in [-0.39, 0.29) is 13.0 Å². The van der Waals surface area contributed by atoms with E-state index in [0.29, 0.717) is 6.42 Å². The van der Waals surface area contributed by atoms with E-state index < -0.39 is 38.4 Å². The van der Waals surface area contributed by atoms with Gasteiger partial charge in [-0.2, -0.15) is 0 Å². The minimum Gasteiger partial charge on any atom is -0.465 e. The molecule has 0 aromatic heterocycles. The third-order valence-corrected chi connectivity index (χ3v) is 4.21. The van der Waals surface area contributed by atoms with Crippen LogP contribution in [-0.4, -0.2) is 43.6 Å². The lowest BCUT2D eigenvalue weighted by Crippen LogP contribution is -2.38. The summed E-state index contributed by atoms with van der Waals surface area (Å²) in [4.78, 5) is 23.3. The van der Waals surface area contributed by atoms with Gasteiger partial charge in [-0.25, -0.2) is 8.42 Å². The highest BCUT2D eigenvalue weighted by Crippen LogP contribution is 2.14. The Labute approximate surface area is 120 Å². The summed E-state index contributed by atoms with van der Waals surface area (Å²) in [5, 5.41) is -1.31. The van der Waals surface area contributed by atoms with E-state index >= 15 is 0 Å². The lowest BCUT2D eigenvalue weighted by molar-refractivity contribution is -0.151. The normalized spacial score (nSPS) is 13.7. The van der Waals surface area contributed by atoms with Crippen molar-refractivity contribution in [3.05, 3.63) is 0 Å². The first kappa shape index (κ1) is 18.9. The van der Waals surface area contributed by atoms with Crippen molar-refractivity contribution in [3.8, 4) is 0 Å². The Morgan fingerprint density at radius 3 is 2.10 bits per heavy atom. The van der Waals surface area contributed by atoms with Crippen molar-refractivity contribution in [2.75, 3.05) is 12.4 Å². The van der Waals surface area contributed by atoms with Gasteiger partial charge in [-0.15, -0.1) is 0 Å². The number of sulfone groups is 1. The van der Waals surface area contributed by atoms with E-state index in [2.05, 4.69) is 0 Å². The van der Waals surface area contributed by atoms with Gasteiger partial charge in [0.15, 0.2) is 15.1 Å². The lowest BCUT2D eigenvalue weighted by Gasteiger charge is -2.20. The minimum atomic E-state index is -3.93. The standard InChI is InChI=1S/C13H24O6S/c1-6-8-10(12(15)18-7-2)20(16,17)9-11(14)19-13(3,4)5/h10H,6-9H2,1-5H3. The molecular weight excluding hydrogens is 284 g/mol. The summed E-state index contributed by atoms with van der Waals surface area (Å²) in [6, 6.07) is 0. The van der Waals surface area contributed by atoms with Gasteiger partial charge in [0.2, 0.25) is 0 Å². The van der Waals surface area contributed by atoms with Crippen LogP contribution in [0.15, 0.2) is 0 Å². The molecule has 1 unspecified atom stereocenters. The Kier molecular flexibility index (Phi) is 7.19. The zero-order chi connectivity index (χ0) is 16.0. The second kappa shape index (κ2) is 7.61. The number of hydrogen-bond acceptors (Lipinski definition) is 6. The van der Waals surface area contributed by atoms with Crippen LogP contribution in [0.2, 0.25) is 0 Å². The zero-order valence-corrected chi connectivity index (χ0v) is 13.6. The molecule has 118 valence electrons. The van der Waals surface area contributed by atoms with E-state index in [4.69, 9.17) is 9.47 Å². The van der Waals surface area contributed by atoms with Crippen LogP contribution in [0.4, 0.5) is 0 Å². The van der Waals surface area contributed by atoms with Crippen molar-refractivity contribution in [1.82, 2.24) is 0 Å². The summed E-state index contributed by atoms with van der Waals surface area (Å²) in [5.41, 5.74) is -0.767. The molecule has 0 fully saturated rings. The lowest BCUT2D eigenvalue weighted by atomic mass is 10.2. The van der Waals surface area contributed by atoms with Crippen LogP contribution in [0.1, 0.15) is 47.5 Å². The van der Waals surface area contributed by atoms with Crippen LogP contribution in [0, 0.1) is 0 Å². The van der Waals surface area contributed by atoms with Crippen molar-refractivity contribution in [2.24, 2.45) is 0 Å². The average molecular weight is 308 g/mol. The molecule has 0 aliphatic heterocycles. The third kappa shape index (κ3) is 6.88. The Morgan fingerprint density at radius 2 is 1.70 bits per heavy atom. The van der Waals surface area contributed by atoms with Gasteiger partial charge in [0, 0.05) is 0 Å². The van der Waals surface area contributed by atoms with E-state index in [1.807, 2.05) is 0 Å². The van der Waals surface area contributed by atoms with Crippen LogP contribution >= 0.6 is 0 Å². The molecule has 0 saturated carbocycles. The molecule has 1 atom stereocenters. The molecule has 0 aliphatic carbocycles. The van der Waals surface area contributed by atoms with Crippen LogP contribution in [0.3, 0.4) is 0 Å². The van der Waals surface area contributed by atoms with Crippen molar-refractivity contribution in [1.29, 1.82) is 0 Å². The predicted octanol–water partition coefficient (Wildman–Crippen LogP) is 1.47. The first-order valence-corrected chi connectivity index (χ1v) is 8.35. The highest BCUT2D eigenvalue weighted by Gasteiger charge is 2.36. The number of ether oxygens (including phenoxy) is 2. The second-order valence-corrected chi connectivity index (χ2v) is 7.61. The first-order chi connectivity index (χ1) is 9.03. The summed E-state index contributed by atoms with van der Waals surface area (Å²) in [7, 11) is -3.93. The largest absolute Gasteiger partial charge is 0.465 e. The highest BCUT2D eigenvalue weighted by molar-refractivity contribution is 7.93. The molecule has 0 N–H and O–H groups in total. The molecule has 0 aromatic carbocycles. The Hall–Kier alpha value is -1.11.